The molecule has 0 saturated carbocycles. The number of carbonyl (C=O) groups is 1. The molecule has 0 N–H and O–H groups in total. The second-order valence-electron chi connectivity index (χ2n) is 4.80. The van der Waals surface area contributed by atoms with E-state index in [1.165, 1.54) is 5.69 Å². The molecule has 1 saturated heterocycles. The van der Waals surface area contributed by atoms with Gasteiger partial charge in [0.15, 0.2) is 0 Å². The van der Waals surface area contributed by atoms with Crippen molar-refractivity contribution in [1.29, 1.82) is 0 Å². The summed E-state index contributed by atoms with van der Waals surface area (Å²) in [6.07, 6.45) is 0.544. The highest BCUT2D eigenvalue weighted by Crippen LogP contribution is 2.22. The maximum absolute atomic E-state index is 11.3. The van der Waals surface area contributed by atoms with Gasteiger partial charge in [0.05, 0.1) is 0 Å². The number of anilines is 1. The maximum Gasteiger partial charge on any atom is 0.134 e. The van der Waals surface area contributed by atoms with Gasteiger partial charge in [0.2, 0.25) is 0 Å². The minimum absolute atomic E-state index is 0.228. The first-order valence-corrected chi connectivity index (χ1v) is 6.17. The number of hydrogen-bond acceptors (Lipinski definition) is 3. The molecule has 2 rings (SSSR count). The minimum Gasteiger partial charge on any atom is -0.369 e. The van der Waals surface area contributed by atoms with Gasteiger partial charge < -0.3 is 9.80 Å². The Morgan fingerprint density at radius 3 is 2.47 bits per heavy atom. The molecule has 0 radical (unpaired) electrons. The first-order valence-electron chi connectivity index (χ1n) is 6.17. The first-order chi connectivity index (χ1) is 8.16. The number of hydrogen-bond donors (Lipinski definition) is 0. The predicted molar refractivity (Wildman–Crippen MR) is 70.5 cm³/mol. The zero-order valence-corrected chi connectivity index (χ0v) is 10.6. The van der Waals surface area contributed by atoms with E-state index in [1.54, 1.807) is 6.92 Å². The lowest BCUT2D eigenvalue weighted by atomic mass is 10.1. The lowest BCUT2D eigenvalue weighted by Gasteiger charge is -2.35. The van der Waals surface area contributed by atoms with E-state index in [-0.39, 0.29) is 5.78 Å². The number of rotatable bonds is 3. The predicted octanol–water partition coefficient (Wildman–Crippen LogP) is 1.57. The average Bonchev–Trinajstić information content (AvgIpc) is 2.30. The van der Waals surface area contributed by atoms with Gasteiger partial charge in [-0.2, -0.15) is 0 Å². The molecule has 0 spiro atoms. The monoisotopic (exact) mass is 232 g/mol. The van der Waals surface area contributed by atoms with Gasteiger partial charge in [-0.1, -0.05) is 18.2 Å². The second-order valence-corrected chi connectivity index (χ2v) is 4.80. The molecule has 0 aliphatic carbocycles. The van der Waals surface area contributed by atoms with Crippen LogP contribution in [0.4, 0.5) is 5.69 Å². The van der Waals surface area contributed by atoms with E-state index in [9.17, 15) is 4.79 Å². The number of piperazine rings is 1. The van der Waals surface area contributed by atoms with Crippen LogP contribution in [0, 0.1) is 0 Å². The highest BCUT2D eigenvalue weighted by atomic mass is 16.1. The van der Waals surface area contributed by atoms with Gasteiger partial charge in [-0.3, -0.25) is 4.79 Å². The fourth-order valence-corrected chi connectivity index (χ4v) is 2.28. The highest BCUT2D eigenvalue weighted by Gasteiger charge is 2.16. The van der Waals surface area contributed by atoms with Crippen LogP contribution in [-0.4, -0.2) is 43.9 Å². The van der Waals surface area contributed by atoms with E-state index in [0.29, 0.717) is 6.42 Å². The maximum atomic E-state index is 11.3. The molecule has 1 aliphatic rings. The Hall–Kier alpha value is -1.35. The molecule has 0 atom stereocenters. The summed E-state index contributed by atoms with van der Waals surface area (Å²) in [5.41, 5.74) is 2.39. The van der Waals surface area contributed by atoms with Crippen LogP contribution in [0.1, 0.15) is 12.5 Å². The Kier molecular flexibility index (Phi) is 3.79. The summed E-state index contributed by atoms with van der Waals surface area (Å²) in [4.78, 5) is 16.0. The zero-order chi connectivity index (χ0) is 12.3. The molecule has 17 heavy (non-hydrogen) atoms. The third kappa shape index (κ3) is 3.07. The Morgan fingerprint density at radius 1 is 1.18 bits per heavy atom. The van der Waals surface area contributed by atoms with E-state index in [0.717, 1.165) is 31.7 Å². The fraction of sp³-hybridized carbons (Fsp3) is 0.500. The summed E-state index contributed by atoms with van der Waals surface area (Å²) in [6.45, 7) is 5.93. The van der Waals surface area contributed by atoms with E-state index in [1.807, 2.05) is 6.07 Å². The molecule has 1 aromatic carbocycles. The van der Waals surface area contributed by atoms with E-state index in [2.05, 4.69) is 35.0 Å². The first kappa shape index (κ1) is 12.1. The number of benzene rings is 1. The smallest absolute Gasteiger partial charge is 0.134 e. The molecular weight excluding hydrogens is 212 g/mol. The average molecular weight is 232 g/mol. The molecule has 0 aromatic heterocycles. The Labute approximate surface area is 103 Å². The van der Waals surface area contributed by atoms with Crippen molar-refractivity contribution < 1.29 is 4.79 Å². The Balaban J connectivity index is 2.16. The molecule has 0 bridgehead atoms. The molecule has 1 heterocycles. The van der Waals surface area contributed by atoms with Crippen molar-refractivity contribution in [3.05, 3.63) is 29.8 Å². The van der Waals surface area contributed by atoms with Crippen molar-refractivity contribution in [3.63, 3.8) is 0 Å². The lowest BCUT2D eigenvalue weighted by molar-refractivity contribution is -0.116. The zero-order valence-electron chi connectivity index (χ0n) is 10.6. The third-order valence-corrected chi connectivity index (χ3v) is 3.27. The van der Waals surface area contributed by atoms with Crippen molar-refractivity contribution in [1.82, 2.24) is 4.90 Å². The summed E-state index contributed by atoms with van der Waals surface area (Å²) < 4.78 is 0. The number of Topliss-reactive ketones (excluding diaryl/α,β-unsaturated/α-hetero) is 1. The van der Waals surface area contributed by atoms with Crippen molar-refractivity contribution in [3.8, 4) is 0 Å². The van der Waals surface area contributed by atoms with Crippen molar-refractivity contribution in [2.24, 2.45) is 0 Å². The lowest BCUT2D eigenvalue weighted by Crippen LogP contribution is -2.44. The molecule has 92 valence electrons. The number of para-hydroxylation sites is 1. The minimum atomic E-state index is 0.228. The SMILES string of the molecule is CC(=O)Cc1ccccc1N1CCN(C)CC1. The van der Waals surface area contributed by atoms with Gasteiger partial charge >= 0.3 is 0 Å². The Morgan fingerprint density at radius 2 is 1.82 bits per heavy atom. The van der Waals surface area contributed by atoms with E-state index in [4.69, 9.17) is 0 Å². The van der Waals surface area contributed by atoms with Gasteiger partial charge in [0.1, 0.15) is 5.78 Å². The van der Waals surface area contributed by atoms with Gasteiger partial charge in [0, 0.05) is 38.3 Å². The topological polar surface area (TPSA) is 23.6 Å². The van der Waals surface area contributed by atoms with Crippen LogP contribution in [-0.2, 0) is 11.2 Å². The third-order valence-electron chi connectivity index (χ3n) is 3.27. The number of ketones is 1. The van der Waals surface area contributed by atoms with Crippen LogP contribution < -0.4 is 4.90 Å². The second kappa shape index (κ2) is 5.32. The summed E-state index contributed by atoms with van der Waals surface area (Å²) in [7, 11) is 2.15. The molecule has 1 aromatic rings. The fourth-order valence-electron chi connectivity index (χ4n) is 2.28. The summed E-state index contributed by atoms with van der Waals surface area (Å²) >= 11 is 0. The molecule has 3 nitrogen and oxygen atoms in total. The van der Waals surface area contributed by atoms with Crippen LogP contribution in [0.15, 0.2) is 24.3 Å². The quantitative estimate of drug-likeness (QED) is 0.790. The number of carbonyl (C=O) groups excluding carboxylic acids is 1. The normalized spacial score (nSPS) is 17.2. The summed E-state index contributed by atoms with van der Waals surface area (Å²) in [6, 6.07) is 8.26. The van der Waals surface area contributed by atoms with Crippen LogP contribution in [0.5, 0.6) is 0 Å². The summed E-state index contributed by atoms with van der Waals surface area (Å²) in [5.74, 6) is 0.228. The molecule has 0 unspecified atom stereocenters. The van der Waals surface area contributed by atoms with Crippen molar-refractivity contribution in [2.75, 3.05) is 38.1 Å². The Bertz CT molecular complexity index is 395. The molecule has 3 heteroatoms. The van der Waals surface area contributed by atoms with E-state index >= 15 is 0 Å². The molecule has 1 fully saturated rings. The number of nitrogens with zero attached hydrogens (tertiary/aromatic N) is 2. The van der Waals surface area contributed by atoms with Gasteiger partial charge in [-0.15, -0.1) is 0 Å². The molecule has 0 amide bonds. The van der Waals surface area contributed by atoms with Crippen LogP contribution >= 0.6 is 0 Å². The molecular formula is C14H20N2O. The van der Waals surface area contributed by atoms with Crippen molar-refractivity contribution >= 4 is 11.5 Å². The largest absolute Gasteiger partial charge is 0.369 e. The van der Waals surface area contributed by atoms with Crippen LogP contribution in [0.3, 0.4) is 0 Å². The summed E-state index contributed by atoms with van der Waals surface area (Å²) in [5, 5.41) is 0. The number of likely N-dealkylation sites (N-methyl/N-ethyl adjacent to an activating group) is 1. The van der Waals surface area contributed by atoms with E-state index < -0.39 is 0 Å². The van der Waals surface area contributed by atoms with Crippen LogP contribution in [0.25, 0.3) is 0 Å². The van der Waals surface area contributed by atoms with Gasteiger partial charge in [-0.05, 0) is 25.6 Å². The van der Waals surface area contributed by atoms with Crippen molar-refractivity contribution in [2.45, 2.75) is 13.3 Å². The standard InChI is InChI=1S/C14H20N2O/c1-12(17)11-13-5-3-4-6-14(13)16-9-7-15(2)8-10-16/h3-6H,7-11H2,1-2H3. The highest BCUT2D eigenvalue weighted by molar-refractivity contribution is 5.80. The van der Waals surface area contributed by atoms with Gasteiger partial charge in [0.25, 0.3) is 0 Å². The van der Waals surface area contributed by atoms with Gasteiger partial charge in [-0.25, -0.2) is 0 Å². The van der Waals surface area contributed by atoms with Crippen LogP contribution in [0.2, 0.25) is 0 Å². The molecule has 1 aliphatic heterocycles.